The molecule has 33 heavy (non-hydrogen) atoms. The van der Waals surface area contributed by atoms with Gasteiger partial charge in [0.05, 0.1) is 35.7 Å². The van der Waals surface area contributed by atoms with Gasteiger partial charge >= 0.3 is 0 Å². The molecule has 2 aromatic carbocycles. The number of furan rings is 1. The molecule has 2 aromatic heterocycles. The van der Waals surface area contributed by atoms with Crippen molar-refractivity contribution in [2.75, 3.05) is 12.9 Å². The number of para-hydroxylation sites is 1. The van der Waals surface area contributed by atoms with Gasteiger partial charge in [0.15, 0.2) is 5.16 Å². The second-order valence-electron chi connectivity index (χ2n) is 6.73. The van der Waals surface area contributed by atoms with E-state index in [1.807, 2.05) is 6.07 Å². The molecule has 0 aliphatic carbocycles. The highest BCUT2D eigenvalue weighted by molar-refractivity contribution is 7.99. The van der Waals surface area contributed by atoms with Crippen molar-refractivity contribution in [3.05, 3.63) is 89.1 Å². The summed E-state index contributed by atoms with van der Waals surface area (Å²) in [7, 11) is 1.58. The molecule has 2 heterocycles. The molecule has 8 nitrogen and oxygen atoms in total. The van der Waals surface area contributed by atoms with Crippen molar-refractivity contribution in [1.82, 2.24) is 15.0 Å². The molecule has 9 heteroatoms. The summed E-state index contributed by atoms with van der Waals surface area (Å²) in [6.45, 7) is 0. The van der Waals surface area contributed by atoms with Gasteiger partial charge in [-0.1, -0.05) is 23.9 Å². The van der Waals surface area contributed by atoms with Gasteiger partial charge in [-0.15, -0.1) is 0 Å². The number of rotatable bonds is 8. The number of ether oxygens (including phenoxy) is 1. The number of amides is 1. The largest absolute Gasteiger partial charge is 0.497 e. The predicted molar refractivity (Wildman–Crippen MR) is 129 cm³/mol. The molecule has 1 N–H and O–H groups in total. The second kappa shape index (κ2) is 10.5. The highest BCUT2D eigenvalue weighted by atomic mass is 32.2. The number of aromatic nitrogens is 2. The molecular formula is C24H20N4O4S. The summed E-state index contributed by atoms with van der Waals surface area (Å²) in [5, 5.41) is 4.78. The van der Waals surface area contributed by atoms with Gasteiger partial charge in [0.1, 0.15) is 11.5 Å². The minimum Gasteiger partial charge on any atom is -0.497 e. The van der Waals surface area contributed by atoms with Crippen LogP contribution in [0.1, 0.15) is 5.76 Å². The van der Waals surface area contributed by atoms with E-state index in [4.69, 9.17) is 9.15 Å². The van der Waals surface area contributed by atoms with E-state index in [0.29, 0.717) is 33.3 Å². The van der Waals surface area contributed by atoms with Crippen LogP contribution < -0.4 is 15.7 Å². The summed E-state index contributed by atoms with van der Waals surface area (Å²) in [6.07, 6.45) is 6.39. The van der Waals surface area contributed by atoms with Crippen LogP contribution in [0, 0.1) is 0 Å². The fourth-order valence-corrected chi connectivity index (χ4v) is 3.81. The molecule has 0 saturated carbocycles. The summed E-state index contributed by atoms with van der Waals surface area (Å²) in [5.41, 5.74) is 3.44. The van der Waals surface area contributed by atoms with Crippen LogP contribution in [0.2, 0.25) is 0 Å². The zero-order chi connectivity index (χ0) is 23.0. The van der Waals surface area contributed by atoms with Crippen LogP contribution in [0.25, 0.3) is 22.7 Å². The number of carbonyl (C=O) groups is 1. The maximum atomic E-state index is 13.2. The molecule has 0 bridgehead atoms. The van der Waals surface area contributed by atoms with E-state index in [1.54, 1.807) is 80.1 Å². The Kier molecular flexibility index (Phi) is 7.01. The maximum absolute atomic E-state index is 13.2. The van der Waals surface area contributed by atoms with Gasteiger partial charge < -0.3 is 9.15 Å². The Morgan fingerprint density at radius 1 is 1.18 bits per heavy atom. The summed E-state index contributed by atoms with van der Waals surface area (Å²) < 4.78 is 11.9. The molecule has 4 aromatic rings. The monoisotopic (exact) mass is 460 g/mol. The number of hydrazone groups is 1. The highest BCUT2D eigenvalue weighted by Gasteiger charge is 2.14. The topological polar surface area (TPSA) is 98.7 Å². The number of carbonyl (C=O) groups excluding carboxylic acids is 1. The van der Waals surface area contributed by atoms with E-state index >= 15 is 0 Å². The van der Waals surface area contributed by atoms with Crippen molar-refractivity contribution < 1.29 is 13.9 Å². The van der Waals surface area contributed by atoms with Crippen LogP contribution in [0.15, 0.2) is 92.5 Å². The van der Waals surface area contributed by atoms with Crippen molar-refractivity contribution in [3.63, 3.8) is 0 Å². The third-order valence-corrected chi connectivity index (χ3v) is 5.50. The molecule has 4 rings (SSSR count). The van der Waals surface area contributed by atoms with Gasteiger partial charge in [-0.3, -0.25) is 14.2 Å². The predicted octanol–water partition coefficient (Wildman–Crippen LogP) is 3.89. The molecule has 0 fully saturated rings. The molecule has 166 valence electrons. The first-order valence-corrected chi connectivity index (χ1v) is 11.0. The lowest BCUT2D eigenvalue weighted by Crippen LogP contribution is -2.24. The lowest BCUT2D eigenvalue weighted by Gasteiger charge is -2.13. The fourth-order valence-electron chi connectivity index (χ4n) is 3.01. The second-order valence-corrected chi connectivity index (χ2v) is 7.67. The Hall–Kier alpha value is -4.11. The number of nitrogens with zero attached hydrogens (tertiary/aromatic N) is 3. The standard InChI is InChI=1S/C24H20N4O4S/c1-31-18-12-10-17(11-13-18)28-23(30)20-8-2-3-9-21(20)26-24(28)33-16-22(29)27-25-14-4-6-19-7-5-15-32-19/h2-15H,16H2,1H3,(H,27,29)/b6-4+,25-14-. The van der Waals surface area contributed by atoms with Crippen LogP contribution in [-0.2, 0) is 4.79 Å². The average Bonchev–Trinajstić information content (AvgIpc) is 3.36. The van der Waals surface area contributed by atoms with Crippen LogP contribution >= 0.6 is 11.8 Å². The molecule has 1 amide bonds. The van der Waals surface area contributed by atoms with Crippen molar-refractivity contribution >= 4 is 40.9 Å². The first kappa shape index (κ1) is 22.1. The van der Waals surface area contributed by atoms with Gasteiger partial charge in [0.25, 0.3) is 11.5 Å². The van der Waals surface area contributed by atoms with E-state index in [0.717, 1.165) is 11.8 Å². The Bertz CT molecular complexity index is 1360. The summed E-state index contributed by atoms with van der Waals surface area (Å²) >= 11 is 1.15. The number of methoxy groups -OCH3 is 1. The number of hydrogen-bond donors (Lipinski definition) is 1. The molecule has 0 aliphatic rings. The molecule has 0 unspecified atom stereocenters. The van der Waals surface area contributed by atoms with Crippen molar-refractivity contribution in [3.8, 4) is 11.4 Å². The Morgan fingerprint density at radius 2 is 2.00 bits per heavy atom. The normalized spacial score (nSPS) is 11.4. The number of benzene rings is 2. The summed E-state index contributed by atoms with van der Waals surface area (Å²) in [4.78, 5) is 30.1. The number of nitrogens with one attached hydrogen (secondary N) is 1. The fraction of sp³-hybridized carbons (Fsp3) is 0.0833. The minimum absolute atomic E-state index is 0.0279. The molecule has 0 atom stereocenters. The number of fused-ring (bicyclic) bond motifs is 1. The van der Waals surface area contributed by atoms with Crippen molar-refractivity contribution in [2.45, 2.75) is 5.16 Å². The zero-order valence-electron chi connectivity index (χ0n) is 17.7. The number of hydrogen-bond acceptors (Lipinski definition) is 7. The number of allylic oxidation sites excluding steroid dienone is 1. The molecule has 0 saturated heterocycles. The van der Waals surface area contributed by atoms with Gasteiger partial charge in [0.2, 0.25) is 0 Å². The lowest BCUT2D eigenvalue weighted by molar-refractivity contribution is -0.118. The van der Waals surface area contributed by atoms with Gasteiger partial charge in [-0.25, -0.2) is 10.4 Å². The molecular weight excluding hydrogens is 440 g/mol. The third kappa shape index (κ3) is 5.39. The quantitative estimate of drug-likeness (QED) is 0.185. The van der Waals surface area contributed by atoms with Crippen molar-refractivity contribution in [2.24, 2.45) is 5.10 Å². The van der Waals surface area contributed by atoms with E-state index in [-0.39, 0.29) is 17.2 Å². The Morgan fingerprint density at radius 3 is 2.76 bits per heavy atom. The van der Waals surface area contributed by atoms with E-state index < -0.39 is 0 Å². The lowest BCUT2D eigenvalue weighted by atomic mass is 10.2. The highest BCUT2D eigenvalue weighted by Crippen LogP contribution is 2.22. The average molecular weight is 461 g/mol. The Balaban J connectivity index is 1.52. The first-order valence-electron chi connectivity index (χ1n) is 9.97. The van der Waals surface area contributed by atoms with Crippen LogP contribution in [0.3, 0.4) is 0 Å². The minimum atomic E-state index is -0.327. The third-order valence-electron chi connectivity index (χ3n) is 4.56. The Labute approximate surface area is 193 Å². The smallest absolute Gasteiger partial charge is 0.266 e. The SMILES string of the molecule is COc1ccc(-n2c(SCC(=O)N/N=C\C=C\c3ccco3)nc3ccccc3c2=O)cc1. The van der Waals surface area contributed by atoms with E-state index in [1.165, 1.54) is 10.8 Å². The van der Waals surface area contributed by atoms with Crippen LogP contribution in [-0.4, -0.2) is 34.5 Å². The van der Waals surface area contributed by atoms with Crippen molar-refractivity contribution in [1.29, 1.82) is 0 Å². The van der Waals surface area contributed by atoms with Gasteiger partial charge in [0, 0.05) is 6.21 Å². The van der Waals surface area contributed by atoms with Crippen LogP contribution in [0.5, 0.6) is 5.75 Å². The number of thioether (sulfide) groups is 1. The molecule has 0 spiro atoms. The molecule has 0 aliphatic heterocycles. The summed E-state index contributed by atoms with van der Waals surface area (Å²) in [6, 6.07) is 17.8. The van der Waals surface area contributed by atoms with Crippen LogP contribution in [0.4, 0.5) is 0 Å². The van der Waals surface area contributed by atoms with Gasteiger partial charge in [-0.05, 0) is 60.7 Å². The van der Waals surface area contributed by atoms with E-state index in [2.05, 4.69) is 15.5 Å². The first-order chi connectivity index (χ1) is 16.2. The molecule has 0 radical (unpaired) electrons. The maximum Gasteiger partial charge on any atom is 0.266 e. The summed E-state index contributed by atoms with van der Waals surface area (Å²) in [5.74, 6) is 1.06. The van der Waals surface area contributed by atoms with Gasteiger partial charge in [-0.2, -0.15) is 5.10 Å². The zero-order valence-corrected chi connectivity index (χ0v) is 18.5. The van der Waals surface area contributed by atoms with E-state index in [9.17, 15) is 9.59 Å².